The van der Waals surface area contributed by atoms with Crippen LogP contribution in [0.4, 0.5) is 0 Å². The molecule has 1 heterocycles. The van der Waals surface area contributed by atoms with Gasteiger partial charge in [-0.05, 0) is 31.0 Å². The molecule has 1 unspecified atom stereocenters. The topological polar surface area (TPSA) is 101 Å². The molecule has 0 aliphatic carbocycles. The first kappa shape index (κ1) is 15.2. The molecule has 0 radical (unpaired) electrons. The van der Waals surface area contributed by atoms with Crippen LogP contribution < -0.4 is 5.73 Å². The summed E-state index contributed by atoms with van der Waals surface area (Å²) in [7, 11) is -3.74. The van der Waals surface area contributed by atoms with Gasteiger partial charge in [-0.25, -0.2) is 13.2 Å². The van der Waals surface area contributed by atoms with Gasteiger partial charge >= 0.3 is 5.97 Å². The zero-order chi connectivity index (χ0) is 14.9. The van der Waals surface area contributed by atoms with Crippen LogP contribution >= 0.6 is 11.6 Å². The Bertz CT molecular complexity index is 632. The maximum Gasteiger partial charge on any atom is 0.337 e. The Kier molecular flexibility index (Phi) is 4.33. The van der Waals surface area contributed by atoms with E-state index in [2.05, 4.69) is 0 Å². The number of carboxylic acids is 1. The number of carboxylic acid groups (broad SMARTS) is 1. The molecule has 0 aromatic heterocycles. The molecule has 1 aliphatic rings. The molecule has 1 fully saturated rings. The fraction of sp³-hybridized carbons (Fsp3) is 0.417. The van der Waals surface area contributed by atoms with Crippen molar-refractivity contribution >= 4 is 27.6 Å². The predicted octanol–water partition coefficient (Wildman–Crippen LogP) is 1.15. The number of piperidine rings is 1. The quantitative estimate of drug-likeness (QED) is 0.870. The molecule has 6 nitrogen and oxygen atoms in total. The minimum absolute atomic E-state index is 0.00629. The molecule has 0 spiro atoms. The number of sulfonamides is 1. The standard InChI is InChI=1S/C12H15ClN2O4S/c13-11-4-3-9(6-10(11)12(16)17)20(18,19)15-5-1-2-8(14)7-15/h3-4,6,8H,1-2,5,7,14H2,(H,16,17). The molecule has 0 amide bonds. The first-order valence-electron chi connectivity index (χ1n) is 6.11. The second-order valence-corrected chi connectivity index (χ2v) is 7.06. The van der Waals surface area contributed by atoms with Gasteiger partial charge in [-0.15, -0.1) is 0 Å². The van der Waals surface area contributed by atoms with Gasteiger partial charge < -0.3 is 10.8 Å². The highest BCUT2D eigenvalue weighted by atomic mass is 35.5. The van der Waals surface area contributed by atoms with Crippen molar-refractivity contribution in [2.24, 2.45) is 5.73 Å². The summed E-state index contributed by atoms with van der Waals surface area (Å²) in [5.74, 6) is -1.26. The molecule has 1 aromatic rings. The van der Waals surface area contributed by atoms with E-state index < -0.39 is 16.0 Å². The lowest BCUT2D eigenvalue weighted by Crippen LogP contribution is -2.45. The second-order valence-electron chi connectivity index (χ2n) is 4.71. The van der Waals surface area contributed by atoms with Crippen molar-refractivity contribution in [2.45, 2.75) is 23.8 Å². The highest BCUT2D eigenvalue weighted by molar-refractivity contribution is 7.89. The maximum absolute atomic E-state index is 12.5. The lowest BCUT2D eigenvalue weighted by molar-refractivity contribution is 0.0697. The Morgan fingerprint density at radius 3 is 2.75 bits per heavy atom. The summed E-state index contributed by atoms with van der Waals surface area (Å²) in [4.78, 5) is 10.9. The van der Waals surface area contributed by atoms with Crippen LogP contribution in [0.15, 0.2) is 23.1 Å². The van der Waals surface area contributed by atoms with Gasteiger partial charge in [0.15, 0.2) is 0 Å². The van der Waals surface area contributed by atoms with E-state index in [1.807, 2.05) is 0 Å². The first-order valence-corrected chi connectivity index (χ1v) is 7.93. The number of benzene rings is 1. The van der Waals surface area contributed by atoms with Crippen LogP contribution in [0, 0.1) is 0 Å². The molecule has 20 heavy (non-hydrogen) atoms. The SMILES string of the molecule is NC1CCCN(S(=O)(=O)c2ccc(Cl)c(C(=O)O)c2)C1. The first-order chi connectivity index (χ1) is 9.32. The van der Waals surface area contributed by atoms with Crippen LogP contribution in [0.3, 0.4) is 0 Å². The van der Waals surface area contributed by atoms with Crippen molar-refractivity contribution in [3.05, 3.63) is 28.8 Å². The second kappa shape index (κ2) is 5.69. The molecule has 110 valence electrons. The smallest absolute Gasteiger partial charge is 0.337 e. The van der Waals surface area contributed by atoms with Gasteiger partial charge in [-0.1, -0.05) is 11.6 Å². The summed E-state index contributed by atoms with van der Waals surface area (Å²) in [5.41, 5.74) is 5.55. The van der Waals surface area contributed by atoms with Crippen molar-refractivity contribution in [1.82, 2.24) is 4.31 Å². The third kappa shape index (κ3) is 2.95. The normalized spacial score (nSPS) is 20.8. The Morgan fingerprint density at radius 2 is 2.15 bits per heavy atom. The van der Waals surface area contributed by atoms with Gasteiger partial charge in [0.05, 0.1) is 15.5 Å². The van der Waals surface area contributed by atoms with Crippen molar-refractivity contribution in [3.8, 4) is 0 Å². The van der Waals surface area contributed by atoms with E-state index in [9.17, 15) is 13.2 Å². The zero-order valence-corrected chi connectivity index (χ0v) is 12.2. The Balaban J connectivity index is 2.39. The lowest BCUT2D eigenvalue weighted by Gasteiger charge is -2.29. The van der Waals surface area contributed by atoms with Crippen molar-refractivity contribution < 1.29 is 18.3 Å². The van der Waals surface area contributed by atoms with E-state index in [1.54, 1.807) is 0 Å². The van der Waals surface area contributed by atoms with Crippen LogP contribution in [0.25, 0.3) is 0 Å². The van der Waals surface area contributed by atoms with Gasteiger partial charge in [0.25, 0.3) is 0 Å². The van der Waals surface area contributed by atoms with E-state index in [0.717, 1.165) is 12.5 Å². The molecule has 1 atom stereocenters. The Hall–Kier alpha value is -1.15. The lowest BCUT2D eigenvalue weighted by atomic mass is 10.1. The Morgan fingerprint density at radius 1 is 1.45 bits per heavy atom. The third-order valence-corrected chi connectivity index (χ3v) is 5.42. The predicted molar refractivity (Wildman–Crippen MR) is 74.4 cm³/mol. The van der Waals surface area contributed by atoms with Gasteiger partial charge in [-0.2, -0.15) is 4.31 Å². The van der Waals surface area contributed by atoms with Gasteiger partial charge in [-0.3, -0.25) is 0 Å². The monoisotopic (exact) mass is 318 g/mol. The number of rotatable bonds is 3. The minimum atomic E-state index is -3.74. The number of aromatic carboxylic acids is 1. The molecule has 1 saturated heterocycles. The molecule has 3 N–H and O–H groups in total. The Labute approximate surface area is 122 Å². The van der Waals surface area contributed by atoms with Crippen molar-refractivity contribution in [2.75, 3.05) is 13.1 Å². The van der Waals surface area contributed by atoms with E-state index >= 15 is 0 Å². The summed E-state index contributed by atoms with van der Waals surface area (Å²) in [6.07, 6.45) is 1.48. The molecule has 1 aromatic carbocycles. The number of hydrogen-bond acceptors (Lipinski definition) is 4. The number of hydrogen-bond donors (Lipinski definition) is 2. The maximum atomic E-state index is 12.5. The summed E-state index contributed by atoms with van der Waals surface area (Å²) in [6, 6.07) is 3.48. The van der Waals surface area contributed by atoms with Crippen LogP contribution in [0.2, 0.25) is 5.02 Å². The molecular weight excluding hydrogens is 304 g/mol. The fourth-order valence-electron chi connectivity index (χ4n) is 2.17. The van der Waals surface area contributed by atoms with Gasteiger partial charge in [0.1, 0.15) is 0 Å². The van der Waals surface area contributed by atoms with Crippen LogP contribution in [0.1, 0.15) is 23.2 Å². The largest absolute Gasteiger partial charge is 0.478 e. The van der Waals surface area contributed by atoms with Crippen LogP contribution in [-0.2, 0) is 10.0 Å². The number of nitrogens with two attached hydrogens (primary N) is 1. The van der Waals surface area contributed by atoms with E-state index in [1.165, 1.54) is 16.4 Å². The molecular formula is C12H15ClN2O4S. The summed E-state index contributed by atoms with van der Waals surface area (Å²) >= 11 is 5.74. The molecule has 0 saturated carbocycles. The third-order valence-electron chi connectivity index (χ3n) is 3.23. The molecule has 2 rings (SSSR count). The van der Waals surface area contributed by atoms with Crippen molar-refractivity contribution in [3.63, 3.8) is 0 Å². The van der Waals surface area contributed by atoms with Crippen LogP contribution in [-0.4, -0.2) is 42.9 Å². The molecule has 0 bridgehead atoms. The van der Waals surface area contributed by atoms with Crippen molar-refractivity contribution in [1.29, 1.82) is 0 Å². The van der Waals surface area contributed by atoms with E-state index in [4.69, 9.17) is 22.4 Å². The van der Waals surface area contributed by atoms with Gasteiger partial charge in [0, 0.05) is 19.1 Å². The molecule has 1 aliphatic heterocycles. The van der Waals surface area contributed by atoms with Crippen LogP contribution in [0.5, 0.6) is 0 Å². The summed E-state index contributed by atoms with van der Waals surface area (Å²) in [6.45, 7) is 0.633. The number of carbonyl (C=O) groups is 1. The average molecular weight is 319 g/mol. The zero-order valence-electron chi connectivity index (χ0n) is 10.6. The highest BCUT2D eigenvalue weighted by Gasteiger charge is 2.29. The van der Waals surface area contributed by atoms with Gasteiger partial charge in [0.2, 0.25) is 10.0 Å². The number of nitrogens with zero attached hydrogens (tertiary/aromatic N) is 1. The summed E-state index contributed by atoms with van der Waals surface area (Å²) < 4.78 is 26.2. The fourth-order valence-corrected chi connectivity index (χ4v) is 3.93. The van der Waals surface area contributed by atoms with E-state index in [0.29, 0.717) is 13.0 Å². The number of halogens is 1. The highest BCUT2D eigenvalue weighted by Crippen LogP contribution is 2.24. The molecule has 8 heteroatoms. The average Bonchev–Trinajstić information content (AvgIpc) is 2.38. The minimum Gasteiger partial charge on any atom is -0.478 e. The van der Waals surface area contributed by atoms with E-state index in [-0.39, 0.29) is 28.1 Å². The summed E-state index contributed by atoms with van der Waals surface area (Å²) in [5, 5.41) is 9.00.